The van der Waals surface area contributed by atoms with Gasteiger partial charge in [0.15, 0.2) is 0 Å². The van der Waals surface area contributed by atoms with Gasteiger partial charge < -0.3 is 5.32 Å². The number of hydrogen-bond acceptors (Lipinski definition) is 3. The molecule has 3 aromatic rings. The molecular formula is C17H17N3O. The highest BCUT2D eigenvalue weighted by atomic mass is 16.1. The Hall–Kier alpha value is -2.62. The van der Waals surface area contributed by atoms with Crippen molar-refractivity contribution < 1.29 is 0 Å². The van der Waals surface area contributed by atoms with Crippen molar-refractivity contribution in [1.82, 2.24) is 9.78 Å². The van der Waals surface area contributed by atoms with E-state index in [1.54, 1.807) is 0 Å². The molecule has 106 valence electrons. The Morgan fingerprint density at radius 2 is 1.76 bits per heavy atom. The number of rotatable bonds is 5. The molecule has 0 fully saturated rings. The predicted octanol–water partition coefficient (Wildman–Crippen LogP) is 2.90. The van der Waals surface area contributed by atoms with Crippen molar-refractivity contribution in [3.05, 3.63) is 71.0 Å². The molecule has 2 aromatic carbocycles. The van der Waals surface area contributed by atoms with Crippen molar-refractivity contribution >= 4 is 16.6 Å². The Morgan fingerprint density at radius 3 is 2.62 bits per heavy atom. The summed E-state index contributed by atoms with van der Waals surface area (Å²) in [5, 5.41) is 8.32. The van der Waals surface area contributed by atoms with E-state index in [1.807, 2.05) is 59.3 Å². The van der Waals surface area contributed by atoms with Crippen molar-refractivity contribution in [1.29, 1.82) is 0 Å². The minimum absolute atomic E-state index is 0.0238. The molecule has 0 bridgehead atoms. The lowest BCUT2D eigenvalue weighted by Gasteiger charge is -2.10. The summed E-state index contributed by atoms with van der Waals surface area (Å²) in [6, 6.07) is 17.7. The molecule has 4 nitrogen and oxygen atoms in total. The van der Waals surface area contributed by atoms with Gasteiger partial charge in [0.2, 0.25) is 5.43 Å². The second kappa shape index (κ2) is 6.22. The summed E-state index contributed by atoms with van der Waals surface area (Å²) < 4.78 is 1.89. The molecule has 4 heteroatoms. The first-order valence-electron chi connectivity index (χ1n) is 7.08. The summed E-state index contributed by atoms with van der Waals surface area (Å²) in [5.41, 5.74) is 1.99. The van der Waals surface area contributed by atoms with Crippen LogP contribution in [0, 0.1) is 0 Å². The van der Waals surface area contributed by atoms with E-state index in [0.29, 0.717) is 0 Å². The summed E-state index contributed by atoms with van der Waals surface area (Å²) in [4.78, 5) is 11.8. The van der Waals surface area contributed by atoms with Crippen molar-refractivity contribution in [3.63, 3.8) is 0 Å². The molecule has 0 atom stereocenters. The molecule has 0 saturated carbocycles. The first kappa shape index (κ1) is 13.4. The topological polar surface area (TPSA) is 46.9 Å². The van der Waals surface area contributed by atoms with Gasteiger partial charge in [0, 0.05) is 24.2 Å². The van der Waals surface area contributed by atoms with E-state index in [-0.39, 0.29) is 5.43 Å². The predicted molar refractivity (Wildman–Crippen MR) is 85.6 cm³/mol. The van der Waals surface area contributed by atoms with Crippen molar-refractivity contribution in [2.24, 2.45) is 0 Å². The lowest BCUT2D eigenvalue weighted by Crippen LogP contribution is -2.14. The Morgan fingerprint density at radius 1 is 1.00 bits per heavy atom. The molecule has 21 heavy (non-hydrogen) atoms. The summed E-state index contributed by atoms with van der Waals surface area (Å²) in [7, 11) is 0. The maximum atomic E-state index is 11.8. The van der Waals surface area contributed by atoms with Crippen LogP contribution in [0.3, 0.4) is 0 Å². The number of aryl methyl sites for hydroxylation is 1. The molecule has 1 aromatic heterocycles. The Kier molecular flexibility index (Phi) is 3.96. The summed E-state index contributed by atoms with van der Waals surface area (Å²) >= 11 is 0. The minimum atomic E-state index is -0.0238. The Bertz CT molecular complexity index is 781. The van der Waals surface area contributed by atoms with Gasteiger partial charge in [-0.05, 0) is 30.7 Å². The van der Waals surface area contributed by atoms with E-state index in [2.05, 4.69) is 10.4 Å². The zero-order chi connectivity index (χ0) is 14.5. The van der Waals surface area contributed by atoms with Crippen molar-refractivity contribution in [3.8, 4) is 0 Å². The third-order valence-electron chi connectivity index (χ3n) is 3.41. The number of hydrogen-bond donors (Lipinski definition) is 1. The number of anilines is 1. The van der Waals surface area contributed by atoms with Crippen molar-refractivity contribution in [2.45, 2.75) is 13.0 Å². The average Bonchev–Trinajstić information content (AvgIpc) is 2.55. The van der Waals surface area contributed by atoms with Gasteiger partial charge >= 0.3 is 0 Å². The van der Waals surface area contributed by atoms with Crippen molar-refractivity contribution in [2.75, 3.05) is 11.9 Å². The first-order valence-corrected chi connectivity index (χ1v) is 7.08. The maximum absolute atomic E-state index is 11.8. The highest BCUT2D eigenvalue weighted by Gasteiger charge is 2.02. The molecule has 0 spiro atoms. The van der Waals surface area contributed by atoms with E-state index in [9.17, 15) is 4.79 Å². The normalized spacial score (nSPS) is 10.7. The zero-order valence-corrected chi connectivity index (χ0v) is 11.7. The number of aromatic nitrogens is 2. The summed E-state index contributed by atoms with van der Waals surface area (Å²) in [5.74, 6) is 0. The Labute approximate surface area is 123 Å². The van der Waals surface area contributed by atoms with E-state index >= 15 is 0 Å². The van der Waals surface area contributed by atoms with Crippen LogP contribution in [0.15, 0.2) is 65.6 Å². The molecule has 0 amide bonds. The maximum Gasteiger partial charge on any atom is 0.207 e. The summed E-state index contributed by atoms with van der Waals surface area (Å²) in [6.07, 6.45) is 2.34. The van der Waals surface area contributed by atoms with Crippen LogP contribution in [0.25, 0.3) is 10.9 Å². The van der Waals surface area contributed by atoms with E-state index in [1.165, 1.54) is 6.20 Å². The fourth-order valence-corrected chi connectivity index (χ4v) is 2.36. The molecular weight excluding hydrogens is 262 g/mol. The molecule has 0 saturated heterocycles. The van der Waals surface area contributed by atoms with Gasteiger partial charge in [0.25, 0.3) is 0 Å². The molecule has 0 radical (unpaired) electrons. The number of nitrogens with zero attached hydrogens (tertiary/aromatic N) is 2. The second-order valence-corrected chi connectivity index (χ2v) is 4.90. The van der Waals surface area contributed by atoms with Crippen LogP contribution >= 0.6 is 0 Å². The van der Waals surface area contributed by atoms with E-state index < -0.39 is 0 Å². The number of fused-ring (bicyclic) bond motifs is 1. The van der Waals surface area contributed by atoms with Gasteiger partial charge in [-0.2, -0.15) is 5.10 Å². The molecule has 0 aliphatic heterocycles. The quantitative estimate of drug-likeness (QED) is 0.730. The van der Waals surface area contributed by atoms with Gasteiger partial charge in [0.05, 0.1) is 11.7 Å². The molecule has 0 aliphatic rings. The van der Waals surface area contributed by atoms with Gasteiger partial charge in [-0.15, -0.1) is 0 Å². The molecule has 1 N–H and O–H groups in total. The number of para-hydroxylation sites is 2. The van der Waals surface area contributed by atoms with Gasteiger partial charge in [-0.3, -0.25) is 9.48 Å². The van der Waals surface area contributed by atoms with Crippen LogP contribution in [-0.4, -0.2) is 16.3 Å². The highest BCUT2D eigenvalue weighted by Crippen LogP contribution is 2.09. The van der Waals surface area contributed by atoms with E-state index in [0.717, 1.165) is 36.1 Å². The Balaban J connectivity index is 1.66. The summed E-state index contributed by atoms with van der Waals surface area (Å²) in [6.45, 7) is 1.65. The van der Waals surface area contributed by atoms with Crippen LogP contribution in [0.5, 0.6) is 0 Å². The lowest BCUT2D eigenvalue weighted by molar-refractivity contribution is 0.600. The van der Waals surface area contributed by atoms with Gasteiger partial charge in [-0.25, -0.2) is 0 Å². The third kappa shape index (κ3) is 3.11. The monoisotopic (exact) mass is 279 g/mol. The molecule has 3 rings (SSSR count). The van der Waals surface area contributed by atoms with Gasteiger partial charge in [0.1, 0.15) is 0 Å². The third-order valence-corrected chi connectivity index (χ3v) is 3.41. The second-order valence-electron chi connectivity index (χ2n) is 4.90. The fraction of sp³-hybridized carbons (Fsp3) is 0.176. The minimum Gasteiger partial charge on any atom is -0.385 e. The fourth-order valence-electron chi connectivity index (χ4n) is 2.36. The van der Waals surface area contributed by atoms with Crippen LogP contribution in [-0.2, 0) is 6.54 Å². The smallest absolute Gasteiger partial charge is 0.207 e. The SMILES string of the molecule is O=c1cnn(CCCNc2ccccc2)c2ccccc12. The first-order chi connectivity index (χ1) is 10.3. The van der Waals surface area contributed by atoms with Gasteiger partial charge in [-0.1, -0.05) is 30.3 Å². The molecule has 0 aliphatic carbocycles. The highest BCUT2D eigenvalue weighted by molar-refractivity contribution is 5.77. The largest absolute Gasteiger partial charge is 0.385 e. The molecule has 1 heterocycles. The van der Waals surface area contributed by atoms with Crippen LogP contribution in [0.1, 0.15) is 6.42 Å². The number of benzene rings is 2. The standard InChI is InChI=1S/C17H17N3O/c21-17-13-19-20(16-10-5-4-9-15(16)17)12-6-11-18-14-7-2-1-3-8-14/h1-5,7-10,13,18H,6,11-12H2. The molecule has 0 unspecified atom stereocenters. The average molecular weight is 279 g/mol. The van der Waals surface area contributed by atoms with Crippen LogP contribution in [0.2, 0.25) is 0 Å². The number of nitrogens with one attached hydrogen (secondary N) is 1. The lowest BCUT2D eigenvalue weighted by atomic mass is 10.2. The van der Waals surface area contributed by atoms with Crippen LogP contribution < -0.4 is 10.7 Å². The van der Waals surface area contributed by atoms with E-state index in [4.69, 9.17) is 0 Å². The zero-order valence-electron chi connectivity index (χ0n) is 11.7. The van der Waals surface area contributed by atoms with Crippen LogP contribution in [0.4, 0.5) is 5.69 Å².